The molecule has 0 unspecified atom stereocenters. The third kappa shape index (κ3) is 1.73. The Morgan fingerprint density at radius 1 is 0.562 bits per heavy atom. The molecule has 2 aromatic carbocycles. The molecule has 0 amide bonds. The van der Waals surface area contributed by atoms with Crippen molar-refractivity contribution in [1.29, 1.82) is 0 Å². The van der Waals surface area contributed by atoms with E-state index in [1.807, 2.05) is 0 Å². The average Bonchev–Trinajstić information content (AvgIpc) is 2.37. The van der Waals surface area contributed by atoms with E-state index in [2.05, 4.69) is 36.4 Å². The topological polar surface area (TPSA) is 0 Å². The summed E-state index contributed by atoms with van der Waals surface area (Å²) in [4.78, 5) is 0. The Morgan fingerprint density at radius 2 is 1.06 bits per heavy atom. The van der Waals surface area contributed by atoms with Gasteiger partial charge in [-0.25, -0.2) is 0 Å². The second kappa shape index (κ2) is 4.29. The Labute approximate surface area is 97.3 Å². The van der Waals surface area contributed by atoms with Crippen LogP contribution in [0, 0.1) is 0 Å². The first-order chi connectivity index (χ1) is 7.95. The molecule has 0 heterocycles. The maximum atomic E-state index is 2.35. The van der Waals surface area contributed by atoms with Gasteiger partial charge in [0.15, 0.2) is 0 Å². The molecule has 0 saturated heterocycles. The number of aryl methyl sites for hydroxylation is 2. The molecule has 3 rings (SSSR count). The predicted molar refractivity (Wildman–Crippen MR) is 69.8 cm³/mol. The van der Waals surface area contributed by atoms with Crippen molar-refractivity contribution in [1.82, 2.24) is 0 Å². The fourth-order valence-corrected chi connectivity index (χ4v) is 2.84. The number of hydrogen-bond acceptors (Lipinski definition) is 0. The summed E-state index contributed by atoms with van der Waals surface area (Å²) in [6.07, 6.45) is 7.99. The Bertz CT molecular complexity index is 450. The maximum absolute atomic E-state index is 2.35. The van der Waals surface area contributed by atoms with Gasteiger partial charge in [-0.2, -0.15) is 0 Å². The van der Waals surface area contributed by atoms with Gasteiger partial charge in [-0.05, 0) is 47.6 Å². The van der Waals surface area contributed by atoms with Crippen LogP contribution in [0.4, 0.5) is 0 Å². The van der Waals surface area contributed by atoms with Crippen molar-refractivity contribution in [2.24, 2.45) is 0 Å². The second-order valence-corrected chi connectivity index (χ2v) is 4.84. The lowest BCUT2D eigenvalue weighted by Gasteiger charge is -2.13. The predicted octanol–water partition coefficient (Wildman–Crippen LogP) is 4.50. The first kappa shape index (κ1) is 9.89. The van der Waals surface area contributed by atoms with Crippen molar-refractivity contribution in [2.75, 3.05) is 0 Å². The molecule has 82 valence electrons. The minimum atomic E-state index is 1.25. The summed E-state index contributed by atoms with van der Waals surface area (Å²) >= 11 is 0. The van der Waals surface area contributed by atoms with Crippen LogP contribution in [-0.2, 0) is 12.8 Å². The van der Waals surface area contributed by atoms with Gasteiger partial charge in [0, 0.05) is 0 Å². The molecule has 0 aromatic heterocycles. The Balaban J connectivity index is 2.22. The van der Waals surface area contributed by atoms with Gasteiger partial charge in [-0.3, -0.25) is 0 Å². The van der Waals surface area contributed by atoms with E-state index in [0.717, 1.165) is 0 Å². The molecular weight excluding hydrogens is 192 g/mol. The van der Waals surface area contributed by atoms with Crippen LogP contribution < -0.4 is 0 Å². The number of hydrogen-bond donors (Lipinski definition) is 0. The van der Waals surface area contributed by atoms with Gasteiger partial charge in [-0.15, -0.1) is 0 Å². The van der Waals surface area contributed by atoms with Crippen molar-refractivity contribution < 1.29 is 0 Å². The smallest absolute Gasteiger partial charge is 0.0149 e. The van der Waals surface area contributed by atoms with Crippen LogP contribution in [-0.4, -0.2) is 0 Å². The highest BCUT2D eigenvalue weighted by Crippen LogP contribution is 2.27. The highest BCUT2D eigenvalue weighted by molar-refractivity contribution is 5.88. The van der Waals surface area contributed by atoms with Gasteiger partial charge >= 0.3 is 0 Å². The molecule has 0 nitrogen and oxygen atoms in total. The van der Waals surface area contributed by atoms with Crippen molar-refractivity contribution in [3.05, 3.63) is 47.5 Å². The van der Waals surface area contributed by atoms with Crippen LogP contribution in [0.2, 0.25) is 0 Å². The van der Waals surface area contributed by atoms with Gasteiger partial charge in [0.25, 0.3) is 0 Å². The standard InChI is InChI=1S/C16H18/c1-2-4-8-14-12-11-13(7-3-1)15-9-5-6-10-16(14)15/h5-6,9-12H,1-4,7-8H2. The van der Waals surface area contributed by atoms with Gasteiger partial charge in [-0.1, -0.05) is 49.2 Å². The SMILES string of the molecule is c1ccc2c3ccc(c2c1)CCCCCC3. The van der Waals surface area contributed by atoms with Gasteiger partial charge < -0.3 is 0 Å². The lowest BCUT2D eigenvalue weighted by molar-refractivity contribution is 0.639. The molecule has 1 aliphatic rings. The summed E-state index contributed by atoms with van der Waals surface area (Å²) in [5, 5.41) is 2.98. The van der Waals surface area contributed by atoms with Crippen LogP contribution in [0.1, 0.15) is 36.8 Å². The van der Waals surface area contributed by atoms with E-state index in [0.29, 0.717) is 0 Å². The molecular formula is C16H18. The molecule has 0 fully saturated rings. The second-order valence-electron chi connectivity index (χ2n) is 4.84. The Morgan fingerprint density at radius 3 is 1.56 bits per heavy atom. The van der Waals surface area contributed by atoms with E-state index in [4.69, 9.17) is 0 Å². The lowest BCUT2D eigenvalue weighted by atomic mass is 9.92. The van der Waals surface area contributed by atoms with E-state index < -0.39 is 0 Å². The third-order valence-electron chi connectivity index (χ3n) is 3.75. The molecule has 2 aromatic rings. The van der Waals surface area contributed by atoms with Crippen LogP contribution in [0.15, 0.2) is 36.4 Å². The zero-order chi connectivity index (χ0) is 10.8. The molecule has 0 spiro atoms. The minimum absolute atomic E-state index is 1.25. The van der Waals surface area contributed by atoms with Crippen LogP contribution in [0.3, 0.4) is 0 Å². The zero-order valence-corrected chi connectivity index (χ0v) is 9.71. The molecule has 2 bridgehead atoms. The maximum Gasteiger partial charge on any atom is -0.0149 e. The molecule has 0 heteroatoms. The van der Waals surface area contributed by atoms with E-state index in [-0.39, 0.29) is 0 Å². The Hall–Kier alpha value is -1.30. The number of rotatable bonds is 0. The fraction of sp³-hybridized carbons (Fsp3) is 0.375. The quantitative estimate of drug-likeness (QED) is 0.600. The summed E-state index contributed by atoms with van der Waals surface area (Å²) in [5.41, 5.74) is 3.09. The molecule has 0 aliphatic heterocycles. The van der Waals surface area contributed by atoms with Gasteiger partial charge in [0.05, 0.1) is 0 Å². The van der Waals surface area contributed by atoms with Gasteiger partial charge in [0.1, 0.15) is 0 Å². The van der Waals surface area contributed by atoms with Crippen LogP contribution >= 0.6 is 0 Å². The van der Waals surface area contributed by atoms with Gasteiger partial charge in [0.2, 0.25) is 0 Å². The Kier molecular flexibility index (Phi) is 2.65. The van der Waals surface area contributed by atoms with E-state index >= 15 is 0 Å². The van der Waals surface area contributed by atoms with Crippen molar-refractivity contribution in [3.63, 3.8) is 0 Å². The normalized spacial score (nSPS) is 16.5. The molecule has 0 saturated carbocycles. The summed E-state index contributed by atoms with van der Waals surface area (Å²) in [6.45, 7) is 0. The minimum Gasteiger partial charge on any atom is -0.0616 e. The van der Waals surface area contributed by atoms with Crippen molar-refractivity contribution >= 4 is 10.8 Å². The van der Waals surface area contributed by atoms with Crippen LogP contribution in [0.25, 0.3) is 10.8 Å². The first-order valence-corrected chi connectivity index (χ1v) is 6.45. The summed E-state index contributed by atoms with van der Waals surface area (Å²) in [7, 11) is 0. The molecule has 0 N–H and O–H groups in total. The van der Waals surface area contributed by atoms with E-state index in [9.17, 15) is 0 Å². The van der Waals surface area contributed by atoms with E-state index in [1.165, 1.54) is 49.3 Å². The third-order valence-corrected chi connectivity index (χ3v) is 3.75. The molecule has 1 aliphatic carbocycles. The summed E-state index contributed by atoms with van der Waals surface area (Å²) < 4.78 is 0. The summed E-state index contributed by atoms with van der Waals surface area (Å²) in [6, 6.07) is 13.6. The summed E-state index contributed by atoms with van der Waals surface area (Å²) in [5.74, 6) is 0. The number of benzene rings is 2. The average molecular weight is 210 g/mol. The molecule has 16 heavy (non-hydrogen) atoms. The highest BCUT2D eigenvalue weighted by Gasteiger charge is 2.07. The highest BCUT2D eigenvalue weighted by atomic mass is 14.1. The largest absolute Gasteiger partial charge is 0.0616 e. The lowest BCUT2D eigenvalue weighted by Crippen LogP contribution is -1.96. The first-order valence-electron chi connectivity index (χ1n) is 6.45. The molecule has 0 atom stereocenters. The monoisotopic (exact) mass is 210 g/mol. The fourth-order valence-electron chi connectivity index (χ4n) is 2.84. The molecule has 0 radical (unpaired) electrons. The zero-order valence-electron chi connectivity index (χ0n) is 9.71. The van der Waals surface area contributed by atoms with Crippen molar-refractivity contribution in [2.45, 2.75) is 38.5 Å². The number of fused-ring (bicyclic) bond motifs is 6. The van der Waals surface area contributed by atoms with Crippen molar-refractivity contribution in [3.8, 4) is 0 Å². The van der Waals surface area contributed by atoms with Crippen LogP contribution in [0.5, 0.6) is 0 Å². The van der Waals surface area contributed by atoms with E-state index in [1.54, 1.807) is 11.1 Å².